The van der Waals surface area contributed by atoms with Gasteiger partial charge >= 0.3 is 0 Å². The van der Waals surface area contributed by atoms with Crippen LogP contribution in [0.15, 0.2) is 36.7 Å². The van der Waals surface area contributed by atoms with Gasteiger partial charge < -0.3 is 10.6 Å². The van der Waals surface area contributed by atoms with E-state index in [1.165, 1.54) is 5.56 Å². The third-order valence-corrected chi connectivity index (χ3v) is 3.35. The van der Waals surface area contributed by atoms with Gasteiger partial charge in [0.2, 0.25) is 0 Å². The summed E-state index contributed by atoms with van der Waals surface area (Å²) in [6, 6.07) is 7.61. The van der Waals surface area contributed by atoms with E-state index in [2.05, 4.69) is 15.6 Å². The lowest BCUT2D eigenvalue weighted by molar-refractivity contribution is 0.102. The smallest absolute Gasteiger partial charge is 0.255 e. The van der Waals surface area contributed by atoms with E-state index in [0.29, 0.717) is 5.56 Å². The van der Waals surface area contributed by atoms with E-state index in [-0.39, 0.29) is 5.91 Å². The molecule has 0 saturated heterocycles. The highest BCUT2D eigenvalue weighted by molar-refractivity contribution is 6.05. The van der Waals surface area contributed by atoms with Gasteiger partial charge in [0, 0.05) is 35.9 Å². The standard InChI is InChI=1S/C15H15N3O/c1-10-9-16-6-5-13(10)18-15(19)12-3-2-11-4-7-17-14(11)8-12/h2-3,5-6,8-9,17H,4,7H2,1H3,(H,16,18,19). The number of rotatable bonds is 2. The van der Waals surface area contributed by atoms with E-state index in [0.717, 1.165) is 29.9 Å². The number of pyridine rings is 1. The van der Waals surface area contributed by atoms with Crippen molar-refractivity contribution in [1.82, 2.24) is 4.98 Å². The fourth-order valence-electron chi connectivity index (χ4n) is 2.24. The van der Waals surface area contributed by atoms with Crippen molar-refractivity contribution in [2.45, 2.75) is 13.3 Å². The molecule has 0 bridgehead atoms. The molecular formula is C15H15N3O. The Morgan fingerprint density at radius 3 is 3.11 bits per heavy atom. The number of amides is 1. The molecule has 2 N–H and O–H groups in total. The second kappa shape index (κ2) is 4.72. The van der Waals surface area contributed by atoms with Crippen molar-refractivity contribution < 1.29 is 4.79 Å². The van der Waals surface area contributed by atoms with Crippen LogP contribution in [0.5, 0.6) is 0 Å². The third kappa shape index (κ3) is 2.29. The molecule has 0 saturated carbocycles. The SMILES string of the molecule is Cc1cnccc1NC(=O)c1ccc2c(c1)NCC2. The minimum atomic E-state index is -0.0919. The van der Waals surface area contributed by atoms with E-state index >= 15 is 0 Å². The Morgan fingerprint density at radius 2 is 2.26 bits per heavy atom. The summed E-state index contributed by atoms with van der Waals surface area (Å²) in [6.07, 6.45) is 4.44. The molecule has 0 aliphatic carbocycles. The minimum Gasteiger partial charge on any atom is -0.384 e. The van der Waals surface area contributed by atoms with Crippen molar-refractivity contribution in [2.24, 2.45) is 0 Å². The Labute approximate surface area is 111 Å². The fourth-order valence-corrected chi connectivity index (χ4v) is 2.24. The van der Waals surface area contributed by atoms with Gasteiger partial charge in [-0.2, -0.15) is 0 Å². The second-order valence-electron chi connectivity index (χ2n) is 4.69. The largest absolute Gasteiger partial charge is 0.384 e. The van der Waals surface area contributed by atoms with Crippen LogP contribution in [-0.4, -0.2) is 17.4 Å². The Balaban J connectivity index is 1.83. The van der Waals surface area contributed by atoms with Gasteiger partial charge in [0.25, 0.3) is 5.91 Å². The first-order chi connectivity index (χ1) is 9.24. The molecule has 96 valence electrons. The number of carbonyl (C=O) groups is 1. The van der Waals surface area contributed by atoms with Crippen LogP contribution in [0.25, 0.3) is 0 Å². The molecule has 19 heavy (non-hydrogen) atoms. The van der Waals surface area contributed by atoms with Crippen LogP contribution in [0.2, 0.25) is 0 Å². The zero-order chi connectivity index (χ0) is 13.2. The van der Waals surface area contributed by atoms with Crippen LogP contribution in [0.4, 0.5) is 11.4 Å². The molecule has 0 atom stereocenters. The number of aromatic nitrogens is 1. The monoisotopic (exact) mass is 253 g/mol. The molecule has 4 nitrogen and oxygen atoms in total. The summed E-state index contributed by atoms with van der Waals surface area (Å²) >= 11 is 0. The molecule has 1 amide bonds. The Hall–Kier alpha value is -2.36. The van der Waals surface area contributed by atoms with Crippen LogP contribution >= 0.6 is 0 Å². The molecule has 1 aliphatic rings. The molecule has 0 radical (unpaired) electrons. The van der Waals surface area contributed by atoms with Crippen molar-refractivity contribution in [2.75, 3.05) is 17.2 Å². The van der Waals surface area contributed by atoms with Gasteiger partial charge in [-0.1, -0.05) is 6.07 Å². The van der Waals surface area contributed by atoms with Crippen LogP contribution in [0.3, 0.4) is 0 Å². The van der Waals surface area contributed by atoms with Crippen LogP contribution in [0.1, 0.15) is 21.5 Å². The number of fused-ring (bicyclic) bond motifs is 1. The van der Waals surface area contributed by atoms with Crippen LogP contribution in [0, 0.1) is 6.92 Å². The van der Waals surface area contributed by atoms with Crippen LogP contribution < -0.4 is 10.6 Å². The first-order valence-corrected chi connectivity index (χ1v) is 6.33. The van der Waals surface area contributed by atoms with Crippen molar-refractivity contribution in [3.05, 3.63) is 53.3 Å². The van der Waals surface area contributed by atoms with E-state index in [4.69, 9.17) is 0 Å². The molecule has 0 fully saturated rings. The number of anilines is 2. The predicted octanol–water partition coefficient (Wildman–Crippen LogP) is 2.61. The number of nitrogens with one attached hydrogen (secondary N) is 2. The maximum absolute atomic E-state index is 12.2. The maximum Gasteiger partial charge on any atom is 0.255 e. The average molecular weight is 253 g/mol. The molecule has 2 heterocycles. The number of hydrogen-bond acceptors (Lipinski definition) is 3. The lowest BCUT2D eigenvalue weighted by Gasteiger charge is -2.09. The zero-order valence-electron chi connectivity index (χ0n) is 10.7. The highest BCUT2D eigenvalue weighted by Crippen LogP contribution is 2.24. The molecule has 1 aromatic carbocycles. The quantitative estimate of drug-likeness (QED) is 0.865. The Bertz CT molecular complexity index is 637. The molecule has 0 spiro atoms. The second-order valence-corrected chi connectivity index (χ2v) is 4.69. The van der Waals surface area contributed by atoms with E-state index in [1.807, 2.05) is 25.1 Å². The molecule has 1 aliphatic heterocycles. The van der Waals surface area contributed by atoms with Gasteiger partial charge in [-0.05, 0) is 42.7 Å². The molecule has 4 heteroatoms. The minimum absolute atomic E-state index is 0.0919. The molecule has 3 rings (SSSR count). The Morgan fingerprint density at radius 1 is 1.37 bits per heavy atom. The van der Waals surface area contributed by atoms with E-state index in [1.54, 1.807) is 18.5 Å². The van der Waals surface area contributed by atoms with E-state index in [9.17, 15) is 4.79 Å². The lowest BCUT2D eigenvalue weighted by Crippen LogP contribution is -2.13. The molecule has 2 aromatic rings. The van der Waals surface area contributed by atoms with Gasteiger partial charge in [-0.3, -0.25) is 9.78 Å². The topological polar surface area (TPSA) is 54.0 Å². The van der Waals surface area contributed by atoms with E-state index < -0.39 is 0 Å². The summed E-state index contributed by atoms with van der Waals surface area (Å²) in [5.41, 5.74) is 4.77. The fraction of sp³-hybridized carbons (Fsp3) is 0.200. The third-order valence-electron chi connectivity index (χ3n) is 3.35. The zero-order valence-corrected chi connectivity index (χ0v) is 10.7. The predicted molar refractivity (Wildman–Crippen MR) is 75.6 cm³/mol. The summed E-state index contributed by atoms with van der Waals surface area (Å²) in [7, 11) is 0. The average Bonchev–Trinajstić information content (AvgIpc) is 2.88. The summed E-state index contributed by atoms with van der Waals surface area (Å²) in [5, 5.41) is 6.19. The molecule has 0 unspecified atom stereocenters. The number of hydrogen-bond donors (Lipinski definition) is 2. The van der Waals surface area contributed by atoms with Gasteiger partial charge in [-0.25, -0.2) is 0 Å². The van der Waals surface area contributed by atoms with Gasteiger partial charge in [0.15, 0.2) is 0 Å². The molecular weight excluding hydrogens is 238 g/mol. The highest BCUT2D eigenvalue weighted by Gasteiger charge is 2.13. The van der Waals surface area contributed by atoms with Crippen molar-refractivity contribution in [3.63, 3.8) is 0 Å². The normalized spacial score (nSPS) is 12.7. The first kappa shape index (κ1) is 11.7. The van der Waals surface area contributed by atoms with Crippen molar-refractivity contribution >= 4 is 17.3 Å². The Kier molecular flexibility index (Phi) is 2.91. The summed E-state index contributed by atoms with van der Waals surface area (Å²) in [6.45, 7) is 2.87. The summed E-state index contributed by atoms with van der Waals surface area (Å²) < 4.78 is 0. The van der Waals surface area contributed by atoms with Crippen LogP contribution in [-0.2, 0) is 6.42 Å². The number of nitrogens with zero attached hydrogens (tertiary/aromatic N) is 1. The number of benzene rings is 1. The first-order valence-electron chi connectivity index (χ1n) is 6.33. The number of aryl methyl sites for hydroxylation is 1. The molecule has 1 aromatic heterocycles. The summed E-state index contributed by atoms with van der Waals surface area (Å²) in [5.74, 6) is -0.0919. The summed E-state index contributed by atoms with van der Waals surface area (Å²) in [4.78, 5) is 16.2. The van der Waals surface area contributed by atoms with Crippen molar-refractivity contribution in [3.8, 4) is 0 Å². The lowest BCUT2D eigenvalue weighted by atomic mass is 10.1. The maximum atomic E-state index is 12.2. The van der Waals surface area contributed by atoms with Gasteiger partial charge in [0.05, 0.1) is 0 Å². The van der Waals surface area contributed by atoms with Gasteiger partial charge in [-0.15, -0.1) is 0 Å². The van der Waals surface area contributed by atoms with Crippen molar-refractivity contribution in [1.29, 1.82) is 0 Å². The van der Waals surface area contributed by atoms with Gasteiger partial charge in [0.1, 0.15) is 0 Å². The number of carbonyl (C=O) groups excluding carboxylic acids is 1. The highest BCUT2D eigenvalue weighted by atomic mass is 16.1.